The average molecular weight is 437 g/mol. The van der Waals surface area contributed by atoms with Gasteiger partial charge in [0.25, 0.3) is 0 Å². The first-order chi connectivity index (χ1) is 14.9. The van der Waals surface area contributed by atoms with Gasteiger partial charge in [-0.05, 0) is 72.1 Å². The fraction of sp³-hybridized carbons (Fsp3) is 0.160. The van der Waals surface area contributed by atoms with Gasteiger partial charge in [-0.15, -0.1) is 0 Å². The van der Waals surface area contributed by atoms with Gasteiger partial charge in [0, 0.05) is 29.0 Å². The minimum atomic E-state index is -1.06. The van der Waals surface area contributed by atoms with Gasteiger partial charge in [0.2, 0.25) is 0 Å². The van der Waals surface area contributed by atoms with Gasteiger partial charge in [0.15, 0.2) is 11.6 Å². The molecule has 0 fully saturated rings. The van der Waals surface area contributed by atoms with Gasteiger partial charge in [0.1, 0.15) is 5.75 Å². The third kappa shape index (κ3) is 5.80. The van der Waals surface area contributed by atoms with Crippen molar-refractivity contribution in [1.29, 1.82) is 0 Å². The molecule has 0 aliphatic heterocycles. The van der Waals surface area contributed by atoms with Crippen molar-refractivity contribution in [3.63, 3.8) is 0 Å². The van der Waals surface area contributed by atoms with E-state index in [0.29, 0.717) is 27.5 Å². The number of carbonyl (C=O) groups excluding carboxylic acids is 2. The highest BCUT2D eigenvalue weighted by Gasteiger charge is 2.22. The van der Waals surface area contributed by atoms with Crippen LogP contribution in [0.1, 0.15) is 55.4 Å². The minimum Gasteiger partial charge on any atom is -0.497 e. The van der Waals surface area contributed by atoms with E-state index in [1.165, 1.54) is 12.1 Å². The smallest absolute Gasteiger partial charge is 0.335 e. The minimum absolute atomic E-state index is 0.0621. The SMILES string of the molecule is COc1ccc(C(=O)CC(CC(=O)c2ccc(Cl)cc2)c2cccc(C(=O)O)c2)cc1. The van der Waals surface area contributed by atoms with Crippen molar-refractivity contribution < 1.29 is 24.2 Å². The topological polar surface area (TPSA) is 80.7 Å². The fourth-order valence-electron chi connectivity index (χ4n) is 3.33. The van der Waals surface area contributed by atoms with Crippen LogP contribution in [0.4, 0.5) is 0 Å². The number of ketones is 2. The van der Waals surface area contributed by atoms with Crippen molar-refractivity contribution in [2.24, 2.45) is 0 Å². The second-order valence-electron chi connectivity index (χ2n) is 7.12. The van der Waals surface area contributed by atoms with Crippen LogP contribution < -0.4 is 4.74 Å². The molecule has 1 unspecified atom stereocenters. The molecule has 3 rings (SSSR count). The molecular formula is C25H21ClO5. The first-order valence-electron chi connectivity index (χ1n) is 9.66. The molecule has 1 N–H and O–H groups in total. The molecule has 0 heterocycles. The van der Waals surface area contributed by atoms with Gasteiger partial charge in [-0.1, -0.05) is 23.7 Å². The molecule has 31 heavy (non-hydrogen) atoms. The Bertz CT molecular complexity index is 1090. The zero-order chi connectivity index (χ0) is 22.4. The van der Waals surface area contributed by atoms with Crippen molar-refractivity contribution in [2.75, 3.05) is 7.11 Å². The van der Waals surface area contributed by atoms with Gasteiger partial charge in [-0.3, -0.25) is 9.59 Å². The average Bonchev–Trinajstić information content (AvgIpc) is 2.79. The highest BCUT2D eigenvalue weighted by atomic mass is 35.5. The lowest BCUT2D eigenvalue weighted by molar-refractivity contribution is 0.0696. The maximum absolute atomic E-state index is 12.9. The van der Waals surface area contributed by atoms with Gasteiger partial charge in [0.05, 0.1) is 12.7 Å². The summed E-state index contributed by atoms with van der Waals surface area (Å²) in [5, 5.41) is 9.85. The second kappa shape index (κ2) is 10.0. The monoisotopic (exact) mass is 436 g/mol. The number of Topliss-reactive ketones (excluding diaryl/α,β-unsaturated/α-hetero) is 2. The van der Waals surface area contributed by atoms with Crippen LogP contribution in [0, 0.1) is 0 Å². The maximum Gasteiger partial charge on any atom is 0.335 e. The van der Waals surface area contributed by atoms with Gasteiger partial charge < -0.3 is 9.84 Å². The molecular weight excluding hydrogens is 416 g/mol. The molecule has 0 bridgehead atoms. The third-order valence-corrected chi connectivity index (χ3v) is 5.30. The Hall–Kier alpha value is -3.44. The number of aromatic carboxylic acids is 1. The lowest BCUT2D eigenvalue weighted by Crippen LogP contribution is -2.13. The number of benzene rings is 3. The van der Waals surface area contributed by atoms with Crippen molar-refractivity contribution in [3.8, 4) is 5.75 Å². The summed E-state index contributed by atoms with van der Waals surface area (Å²) < 4.78 is 5.12. The summed E-state index contributed by atoms with van der Waals surface area (Å²) in [6, 6.07) is 19.7. The molecule has 1 atom stereocenters. The molecule has 0 spiro atoms. The van der Waals surface area contributed by atoms with E-state index in [-0.39, 0.29) is 30.0 Å². The second-order valence-corrected chi connectivity index (χ2v) is 7.55. The van der Waals surface area contributed by atoms with E-state index in [0.717, 1.165) is 0 Å². The van der Waals surface area contributed by atoms with Crippen molar-refractivity contribution in [3.05, 3.63) is 100 Å². The van der Waals surface area contributed by atoms with Crippen LogP contribution in [0.3, 0.4) is 0 Å². The van der Waals surface area contributed by atoms with Crippen LogP contribution >= 0.6 is 11.6 Å². The molecule has 3 aromatic rings. The Balaban J connectivity index is 1.88. The molecule has 0 aliphatic rings. The van der Waals surface area contributed by atoms with Crippen LogP contribution in [0.25, 0.3) is 0 Å². The van der Waals surface area contributed by atoms with Crippen molar-refractivity contribution in [1.82, 2.24) is 0 Å². The molecule has 3 aromatic carbocycles. The molecule has 5 nitrogen and oxygen atoms in total. The quantitative estimate of drug-likeness (QED) is 0.436. The predicted molar refractivity (Wildman–Crippen MR) is 118 cm³/mol. The Kier molecular flexibility index (Phi) is 7.21. The normalized spacial score (nSPS) is 11.5. The number of hydrogen-bond donors (Lipinski definition) is 1. The summed E-state index contributed by atoms with van der Waals surface area (Å²) in [5.41, 5.74) is 1.72. The van der Waals surface area contributed by atoms with E-state index in [4.69, 9.17) is 16.3 Å². The number of methoxy groups -OCH3 is 1. The summed E-state index contributed by atoms with van der Waals surface area (Å²) in [4.78, 5) is 37.2. The Morgan fingerprint density at radius 3 is 1.90 bits per heavy atom. The van der Waals surface area contributed by atoms with Crippen LogP contribution in [-0.4, -0.2) is 29.8 Å². The zero-order valence-corrected chi connectivity index (χ0v) is 17.6. The largest absolute Gasteiger partial charge is 0.497 e. The summed E-state index contributed by atoms with van der Waals surface area (Å²) in [5.74, 6) is -1.19. The van der Waals surface area contributed by atoms with Crippen LogP contribution in [0.15, 0.2) is 72.8 Å². The number of carbonyl (C=O) groups is 3. The van der Waals surface area contributed by atoms with Crippen LogP contribution in [-0.2, 0) is 0 Å². The summed E-state index contributed by atoms with van der Waals surface area (Å²) in [6.45, 7) is 0. The number of ether oxygens (including phenoxy) is 1. The number of rotatable bonds is 9. The van der Waals surface area contributed by atoms with E-state index >= 15 is 0 Å². The molecule has 0 saturated carbocycles. The van der Waals surface area contributed by atoms with Crippen LogP contribution in [0.5, 0.6) is 5.75 Å². The fourth-order valence-corrected chi connectivity index (χ4v) is 3.46. The lowest BCUT2D eigenvalue weighted by Gasteiger charge is -2.17. The number of carboxylic acids is 1. The standard InChI is InChI=1S/C25H21ClO5/c1-31-22-11-7-17(8-12-22)24(28)15-20(18-3-2-4-19(13-18)25(29)30)14-23(27)16-5-9-21(26)10-6-16/h2-13,20H,14-15H2,1H3,(H,29,30). The van der Waals surface area contributed by atoms with Crippen molar-refractivity contribution in [2.45, 2.75) is 18.8 Å². The Morgan fingerprint density at radius 2 is 1.39 bits per heavy atom. The molecule has 6 heteroatoms. The van der Waals surface area contributed by atoms with Crippen molar-refractivity contribution >= 4 is 29.1 Å². The first kappa shape index (κ1) is 22.2. The molecule has 0 aromatic heterocycles. The van der Waals surface area contributed by atoms with Gasteiger partial charge in [-0.2, -0.15) is 0 Å². The molecule has 0 saturated heterocycles. The Morgan fingerprint density at radius 1 is 0.839 bits per heavy atom. The molecule has 0 radical (unpaired) electrons. The Labute approximate surface area is 185 Å². The number of hydrogen-bond acceptors (Lipinski definition) is 4. The number of carboxylic acid groups (broad SMARTS) is 1. The van der Waals surface area contributed by atoms with E-state index in [2.05, 4.69) is 0 Å². The molecule has 0 aliphatic carbocycles. The summed E-state index contributed by atoms with van der Waals surface area (Å²) in [6.07, 6.45) is 0.126. The highest BCUT2D eigenvalue weighted by Crippen LogP contribution is 2.29. The maximum atomic E-state index is 12.9. The van der Waals surface area contributed by atoms with Crippen LogP contribution in [0.2, 0.25) is 5.02 Å². The third-order valence-electron chi connectivity index (χ3n) is 5.05. The lowest BCUT2D eigenvalue weighted by atomic mass is 9.85. The summed E-state index contributed by atoms with van der Waals surface area (Å²) in [7, 11) is 1.55. The first-order valence-corrected chi connectivity index (χ1v) is 10.0. The van der Waals surface area contributed by atoms with Gasteiger partial charge in [-0.25, -0.2) is 4.79 Å². The highest BCUT2D eigenvalue weighted by molar-refractivity contribution is 6.30. The summed E-state index contributed by atoms with van der Waals surface area (Å²) >= 11 is 5.90. The number of halogens is 1. The van der Waals surface area contributed by atoms with E-state index < -0.39 is 11.9 Å². The van der Waals surface area contributed by atoms with Gasteiger partial charge >= 0.3 is 5.97 Å². The molecule has 0 amide bonds. The van der Waals surface area contributed by atoms with E-state index in [1.807, 2.05) is 0 Å². The van der Waals surface area contributed by atoms with E-state index in [9.17, 15) is 19.5 Å². The van der Waals surface area contributed by atoms with E-state index in [1.54, 1.807) is 67.8 Å². The zero-order valence-electron chi connectivity index (χ0n) is 16.9. The predicted octanol–water partition coefficient (Wildman–Crippen LogP) is 5.68. The molecule has 158 valence electrons.